The van der Waals surface area contributed by atoms with Crippen LogP contribution in [0.4, 0.5) is 0 Å². The molecule has 2 aliphatic rings. The van der Waals surface area contributed by atoms with Crippen LogP contribution in [0.2, 0.25) is 0 Å². The summed E-state index contributed by atoms with van der Waals surface area (Å²) in [5.41, 5.74) is 0. The van der Waals surface area contributed by atoms with Crippen molar-refractivity contribution in [3.63, 3.8) is 0 Å². The van der Waals surface area contributed by atoms with Crippen LogP contribution in [0.15, 0.2) is 4.99 Å². The average molecular weight is 250 g/mol. The first-order valence-corrected chi connectivity index (χ1v) is 7.94. The summed E-state index contributed by atoms with van der Waals surface area (Å²) in [7, 11) is 0. The zero-order valence-corrected chi connectivity index (χ0v) is 12.7. The van der Waals surface area contributed by atoms with Crippen LogP contribution >= 0.6 is 0 Å². The van der Waals surface area contributed by atoms with E-state index in [0.717, 1.165) is 12.0 Å². The molecule has 1 heterocycles. The van der Waals surface area contributed by atoms with E-state index in [9.17, 15) is 0 Å². The SMILES string of the molecule is CC(C)/N=C1\CC2CCCCCCC2N1C(C)C. The Morgan fingerprint density at radius 3 is 2.28 bits per heavy atom. The number of hydrogen-bond donors (Lipinski definition) is 0. The second kappa shape index (κ2) is 6.08. The molecular formula is C16H30N2. The first kappa shape index (κ1) is 13.9. The molecule has 104 valence electrons. The summed E-state index contributed by atoms with van der Waals surface area (Å²) in [6.45, 7) is 9.06. The summed E-state index contributed by atoms with van der Waals surface area (Å²) in [4.78, 5) is 7.56. The van der Waals surface area contributed by atoms with Crippen LogP contribution in [0.5, 0.6) is 0 Å². The van der Waals surface area contributed by atoms with Crippen LogP contribution < -0.4 is 0 Å². The minimum Gasteiger partial charge on any atom is -0.355 e. The van der Waals surface area contributed by atoms with Gasteiger partial charge in [0.1, 0.15) is 5.84 Å². The third-order valence-electron chi connectivity index (χ3n) is 4.43. The summed E-state index contributed by atoms with van der Waals surface area (Å²) >= 11 is 0. The monoisotopic (exact) mass is 250 g/mol. The van der Waals surface area contributed by atoms with E-state index in [4.69, 9.17) is 4.99 Å². The maximum absolute atomic E-state index is 4.91. The van der Waals surface area contributed by atoms with E-state index in [0.29, 0.717) is 12.1 Å². The Hall–Kier alpha value is -0.530. The highest BCUT2D eigenvalue weighted by Crippen LogP contribution is 2.37. The number of rotatable bonds is 2. The maximum Gasteiger partial charge on any atom is 0.100 e. The van der Waals surface area contributed by atoms with E-state index in [2.05, 4.69) is 32.6 Å². The van der Waals surface area contributed by atoms with Gasteiger partial charge in [0.25, 0.3) is 0 Å². The van der Waals surface area contributed by atoms with Crippen LogP contribution in [0, 0.1) is 5.92 Å². The van der Waals surface area contributed by atoms with E-state index in [1.165, 1.54) is 50.8 Å². The van der Waals surface area contributed by atoms with Gasteiger partial charge >= 0.3 is 0 Å². The normalized spacial score (nSPS) is 31.9. The van der Waals surface area contributed by atoms with Gasteiger partial charge in [0, 0.05) is 24.5 Å². The molecule has 1 saturated heterocycles. The lowest BCUT2D eigenvalue weighted by molar-refractivity contribution is 0.202. The van der Waals surface area contributed by atoms with Gasteiger partial charge in [-0.3, -0.25) is 4.99 Å². The molecule has 2 nitrogen and oxygen atoms in total. The topological polar surface area (TPSA) is 15.6 Å². The average Bonchev–Trinajstić information content (AvgIpc) is 2.55. The van der Waals surface area contributed by atoms with Crippen molar-refractivity contribution >= 4 is 5.84 Å². The van der Waals surface area contributed by atoms with Crippen LogP contribution in [-0.2, 0) is 0 Å². The third kappa shape index (κ3) is 3.07. The van der Waals surface area contributed by atoms with Crippen LogP contribution in [0.3, 0.4) is 0 Å². The number of nitrogens with zero attached hydrogens (tertiary/aromatic N) is 2. The molecule has 0 aromatic heterocycles. The second-order valence-corrected chi connectivity index (χ2v) is 6.66. The molecular weight excluding hydrogens is 220 g/mol. The molecule has 1 aliphatic heterocycles. The van der Waals surface area contributed by atoms with Crippen molar-refractivity contribution in [2.24, 2.45) is 10.9 Å². The maximum atomic E-state index is 4.91. The number of amidine groups is 1. The molecule has 0 aromatic rings. The fraction of sp³-hybridized carbons (Fsp3) is 0.938. The molecule has 2 rings (SSSR count). The Morgan fingerprint density at radius 2 is 1.67 bits per heavy atom. The van der Waals surface area contributed by atoms with Gasteiger partial charge in [-0.15, -0.1) is 0 Å². The second-order valence-electron chi connectivity index (χ2n) is 6.66. The van der Waals surface area contributed by atoms with Crippen molar-refractivity contribution in [1.29, 1.82) is 0 Å². The first-order chi connectivity index (χ1) is 8.59. The standard InChI is InChI=1S/C16H30N2/c1-12(2)17-16-11-14-9-7-5-6-8-10-15(14)18(16)13(3)4/h12-15H,5-11H2,1-4H3/b17-16+. The molecule has 18 heavy (non-hydrogen) atoms. The van der Waals surface area contributed by atoms with Crippen molar-refractivity contribution in [2.75, 3.05) is 0 Å². The van der Waals surface area contributed by atoms with Gasteiger partial charge in [-0.25, -0.2) is 0 Å². The zero-order valence-electron chi connectivity index (χ0n) is 12.7. The smallest absolute Gasteiger partial charge is 0.100 e. The fourth-order valence-corrected chi connectivity index (χ4v) is 3.78. The molecule has 2 fully saturated rings. The van der Waals surface area contributed by atoms with Gasteiger partial charge in [0.05, 0.1) is 0 Å². The molecule has 1 aliphatic carbocycles. The van der Waals surface area contributed by atoms with Gasteiger partial charge in [0.2, 0.25) is 0 Å². The summed E-state index contributed by atoms with van der Waals surface area (Å²) in [6.07, 6.45) is 9.78. The largest absolute Gasteiger partial charge is 0.355 e. The highest BCUT2D eigenvalue weighted by molar-refractivity contribution is 5.85. The van der Waals surface area contributed by atoms with Crippen LogP contribution in [0.25, 0.3) is 0 Å². The Bertz CT molecular complexity index is 293. The van der Waals surface area contributed by atoms with E-state index >= 15 is 0 Å². The molecule has 0 amide bonds. The predicted molar refractivity (Wildman–Crippen MR) is 79.1 cm³/mol. The van der Waals surface area contributed by atoms with E-state index in [1.807, 2.05) is 0 Å². The Morgan fingerprint density at radius 1 is 1.00 bits per heavy atom. The summed E-state index contributed by atoms with van der Waals surface area (Å²) in [5.74, 6) is 2.28. The van der Waals surface area contributed by atoms with Crippen molar-refractivity contribution < 1.29 is 0 Å². The van der Waals surface area contributed by atoms with Gasteiger partial charge in [-0.05, 0) is 46.5 Å². The Balaban J connectivity index is 2.18. The Labute approximate surface area is 113 Å². The van der Waals surface area contributed by atoms with Crippen LogP contribution in [-0.4, -0.2) is 28.9 Å². The third-order valence-corrected chi connectivity index (χ3v) is 4.43. The van der Waals surface area contributed by atoms with Gasteiger partial charge in [-0.2, -0.15) is 0 Å². The minimum absolute atomic E-state index is 0.436. The van der Waals surface area contributed by atoms with Crippen molar-refractivity contribution in [3.05, 3.63) is 0 Å². The lowest BCUT2D eigenvalue weighted by atomic mass is 9.87. The number of likely N-dealkylation sites (tertiary alicyclic amines) is 1. The van der Waals surface area contributed by atoms with E-state index < -0.39 is 0 Å². The number of hydrogen-bond acceptors (Lipinski definition) is 1. The summed E-state index contributed by atoms with van der Waals surface area (Å²) in [5, 5.41) is 0. The van der Waals surface area contributed by atoms with Gasteiger partial charge < -0.3 is 4.90 Å². The lowest BCUT2D eigenvalue weighted by Crippen LogP contribution is -2.41. The fourth-order valence-electron chi connectivity index (χ4n) is 3.78. The quantitative estimate of drug-likeness (QED) is 0.715. The van der Waals surface area contributed by atoms with Crippen LogP contribution in [0.1, 0.15) is 72.6 Å². The summed E-state index contributed by atoms with van der Waals surface area (Å²) < 4.78 is 0. The molecule has 2 heteroatoms. The van der Waals surface area contributed by atoms with E-state index in [-0.39, 0.29) is 0 Å². The molecule has 0 spiro atoms. The van der Waals surface area contributed by atoms with Gasteiger partial charge in [-0.1, -0.05) is 25.7 Å². The number of aliphatic imine (C=N–C) groups is 1. The molecule has 0 N–H and O–H groups in total. The number of fused-ring (bicyclic) bond motifs is 1. The minimum atomic E-state index is 0.436. The Kier molecular flexibility index (Phi) is 4.69. The van der Waals surface area contributed by atoms with Crippen molar-refractivity contribution in [1.82, 2.24) is 4.90 Å². The van der Waals surface area contributed by atoms with E-state index in [1.54, 1.807) is 0 Å². The molecule has 2 unspecified atom stereocenters. The molecule has 0 bridgehead atoms. The van der Waals surface area contributed by atoms with Crippen molar-refractivity contribution in [2.45, 2.75) is 90.8 Å². The molecule has 1 saturated carbocycles. The molecule has 0 radical (unpaired) electrons. The van der Waals surface area contributed by atoms with Gasteiger partial charge in [0.15, 0.2) is 0 Å². The molecule has 0 aromatic carbocycles. The highest BCUT2D eigenvalue weighted by Gasteiger charge is 2.38. The zero-order chi connectivity index (χ0) is 13.1. The predicted octanol–water partition coefficient (Wildman–Crippen LogP) is 4.25. The van der Waals surface area contributed by atoms with Crippen molar-refractivity contribution in [3.8, 4) is 0 Å². The summed E-state index contributed by atoms with van der Waals surface area (Å²) in [6, 6.07) is 1.82. The lowest BCUT2D eigenvalue weighted by Gasteiger charge is -2.34. The molecule has 2 atom stereocenters. The highest BCUT2D eigenvalue weighted by atomic mass is 15.3. The first-order valence-electron chi connectivity index (χ1n) is 7.94.